The Labute approximate surface area is 153 Å². The minimum absolute atomic E-state index is 0.0310. The van der Waals surface area contributed by atoms with Crippen LogP contribution in [0.2, 0.25) is 5.02 Å². The second-order valence-electron chi connectivity index (χ2n) is 5.48. The minimum atomic E-state index is -4.62. The summed E-state index contributed by atoms with van der Waals surface area (Å²) in [6.07, 6.45) is -3.82. The van der Waals surface area contributed by atoms with Gasteiger partial charge in [0, 0.05) is 23.4 Å². The van der Waals surface area contributed by atoms with Crippen LogP contribution in [0.25, 0.3) is 0 Å². The van der Waals surface area contributed by atoms with E-state index in [-0.39, 0.29) is 17.2 Å². The van der Waals surface area contributed by atoms with Crippen LogP contribution in [0.5, 0.6) is 0 Å². The number of halogens is 4. The summed E-state index contributed by atoms with van der Waals surface area (Å²) in [5, 5.41) is 4.64. The number of carbonyl (C=O) groups is 2. The quantitative estimate of drug-likeness (QED) is 0.781. The van der Waals surface area contributed by atoms with Gasteiger partial charge in [-0.2, -0.15) is 13.2 Å². The fraction of sp³-hybridized carbons (Fsp3) is 0.222. The van der Waals surface area contributed by atoms with Crippen molar-refractivity contribution in [3.05, 3.63) is 64.2 Å². The van der Waals surface area contributed by atoms with Crippen molar-refractivity contribution in [3.8, 4) is 0 Å². The molecule has 0 aliphatic carbocycles. The third kappa shape index (κ3) is 4.98. The molecule has 0 unspecified atom stereocenters. The Morgan fingerprint density at radius 2 is 1.58 bits per heavy atom. The minimum Gasteiger partial charge on any atom is -0.352 e. The van der Waals surface area contributed by atoms with Crippen molar-refractivity contribution >= 4 is 29.1 Å². The van der Waals surface area contributed by atoms with Gasteiger partial charge in [-0.15, -0.1) is 0 Å². The average molecular weight is 385 g/mol. The predicted molar refractivity (Wildman–Crippen MR) is 93.5 cm³/mol. The van der Waals surface area contributed by atoms with E-state index in [9.17, 15) is 22.8 Å². The van der Waals surface area contributed by atoms with Crippen LogP contribution in [0, 0.1) is 0 Å². The van der Waals surface area contributed by atoms with Crippen molar-refractivity contribution in [2.75, 3.05) is 11.9 Å². The first-order valence-corrected chi connectivity index (χ1v) is 8.16. The third-order valence-electron chi connectivity index (χ3n) is 3.47. The second-order valence-corrected chi connectivity index (χ2v) is 5.89. The highest BCUT2D eigenvalue weighted by atomic mass is 35.5. The molecule has 0 fully saturated rings. The number of alkyl halides is 3. The van der Waals surface area contributed by atoms with Gasteiger partial charge in [-0.1, -0.05) is 18.5 Å². The molecule has 2 amide bonds. The monoisotopic (exact) mass is 384 g/mol. The molecule has 138 valence electrons. The Morgan fingerprint density at radius 1 is 1.00 bits per heavy atom. The van der Waals surface area contributed by atoms with E-state index in [1.54, 1.807) is 0 Å². The van der Waals surface area contributed by atoms with E-state index in [1.165, 1.54) is 30.3 Å². The van der Waals surface area contributed by atoms with Gasteiger partial charge in [0.05, 0.1) is 10.6 Å². The fourth-order valence-corrected chi connectivity index (χ4v) is 2.36. The molecule has 8 heteroatoms. The summed E-state index contributed by atoms with van der Waals surface area (Å²) in [5.41, 5.74) is -0.460. The molecule has 0 aromatic heterocycles. The molecule has 0 radical (unpaired) electrons. The molecule has 2 aromatic rings. The van der Waals surface area contributed by atoms with Gasteiger partial charge in [0.15, 0.2) is 0 Å². The van der Waals surface area contributed by atoms with E-state index in [1.807, 2.05) is 6.92 Å². The van der Waals surface area contributed by atoms with Gasteiger partial charge < -0.3 is 10.6 Å². The molecule has 0 heterocycles. The zero-order chi connectivity index (χ0) is 19.3. The van der Waals surface area contributed by atoms with Crippen molar-refractivity contribution in [2.45, 2.75) is 19.5 Å². The molecule has 26 heavy (non-hydrogen) atoms. The number of nitrogens with one attached hydrogen (secondary N) is 2. The van der Waals surface area contributed by atoms with Crippen LogP contribution in [0.4, 0.5) is 18.9 Å². The van der Waals surface area contributed by atoms with Crippen molar-refractivity contribution in [1.29, 1.82) is 0 Å². The summed E-state index contributed by atoms with van der Waals surface area (Å²) >= 11 is 5.55. The van der Waals surface area contributed by atoms with Gasteiger partial charge in [0.25, 0.3) is 11.8 Å². The van der Waals surface area contributed by atoms with Crippen LogP contribution in [-0.2, 0) is 6.18 Å². The topological polar surface area (TPSA) is 58.2 Å². The number of amides is 2. The highest BCUT2D eigenvalue weighted by molar-refractivity contribution is 6.31. The van der Waals surface area contributed by atoms with E-state index in [2.05, 4.69) is 10.6 Å². The maximum atomic E-state index is 12.9. The normalized spacial score (nSPS) is 11.1. The molecular weight excluding hydrogens is 369 g/mol. The number of carbonyl (C=O) groups excluding carboxylic acids is 2. The summed E-state index contributed by atoms with van der Waals surface area (Å²) in [6.45, 7) is 2.47. The van der Waals surface area contributed by atoms with Gasteiger partial charge in [0.2, 0.25) is 0 Å². The standard InChI is InChI=1S/C18H16ClF3N2O2/c1-2-9-23-16(25)11-3-5-12(6-4-11)17(26)24-13-7-8-15(19)14(10-13)18(20,21)22/h3-8,10H,2,9H2,1H3,(H,23,25)(H,24,26). The van der Waals surface area contributed by atoms with E-state index in [4.69, 9.17) is 11.6 Å². The van der Waals surface area contributed by atoms with Crippen LogP contribution in [-0.4, -0.2) is 18.4 Å². The van der Waals surface area contributed by atoms with Gasteiger partial charge in [-0.05, 0) is 48.9 Å². The summed E-state index contributed by atoms with van der Waals surface area (Å²) in [6, 6.07) is 8.93. The first-order valence-electron chi connectivity index (χ1n) is 7.78. The summed E-state index contributed by atoms with van der Waals surface area (Å²) in [7, 11) is 0. The van der Waals surface area contributed by atoms with E-state index in [0.717, 1.165) is 18.6 Å². The van der Waals surface area contributed by atoms with Crippen LogP contribution in [0.1, 0.15) is 39.6 Å². The number of hydrogen-bond acceptors (Lipinski definition) is 2. The molecular formula is C18H16ClF3N2O2. The van der Waals surface area contributed by atoms with Crippen LogP contribution in [0.15, 0.2) is 42.5 Å². The van der Waals surface area contributed by atoms with E-state index < -0.39 is 22.7 Å². The molecule has 2 rings (SSSR count). The fourth-order valence-electron chi connectivity index (χ4n) is 2.14. The van der Waals surface area contributed by atoms with Gasteiger partial charge in [-0.25, -0.2) is 0 Å². The number of anilines is 1. The lowest BCUT2D eigenvalue weighted by Gasteiger charge is -2.12. The summed E-state index contributed by atoms with van der Waals surface area (Å²) in [5.74, 6) is -0.854. The summed E-state index contributed by atoms with van der Waals surface area (Å²) < 4.78 is 38.6. The number of hydrogen-bond donors (Lipinski definition) is 2. The number of benzene rings is 2. The van der Waals surface area contributed by atoms with Gasteiger partial charge >= 0.3 is 6.18 Å². The molecule has 2 aromatic carbocycles. The van der Waals surface area contributed by atoms with Crippen LogP contribution in [0.3, 0.4) is 0 Å². The predicted octanol–water partition coefficient (Wildman–Crippen LogP) is 4.75. The number of rotatable bonds is 5. The molecule has 4 nitrogen and oxygen atoms in total. The Kier molecular flexibility index (Phi) is 6.26. The van der Waals surface area contributed by atoms with Gasteiger partial charge in [0.1, 0.15) is 0 Å². The first-order chi connectivity index (χ1) is 12.2. The summed E-state index contributed by atoms with van der Waals surface area (Å²) in [4.78, 5) is 24.0. The molecule has 0 saturated carbocycles. The molecule has 0 bridgehead atoms. The Hall–Kier alpha value is -2.54. The van der Waals surface area contributed by atoms with Gasteiger partial charge in [-0.3, -0.25) is 9.59 Å². The van der Waals surface area contributed by atoms with Crippen molar-refractivity contribution in [1.82, 2.24) is 5.32 Å². The van der Waals surface area contributed by atoms with Crippen molar-refractivity contribution in [2.24, 2.45) is 0 Å². The lowest BCUT2D eigenvalue weighted by molar-refractivity contribution is -0.137. The Morgan fingerprint density at radius 3 is 2.12 bits per heavy atom. The Bertz CT molecular complexity index is 805. The maximum Gasteiger partial charge on any atom is 0.417 e. The SMILES string of the molecule is CCCNC(=O)c1ccc(C(=O)Nc2ccc(Cl)c(C(F)(F)F)c2)cc1. The maximum absolute atomic E-state index is 12.9. The molecule has 0 aliphatic rings. The third-order valence-corrected chi connectivity index (χ3v) is 3.80. The first kappa shape index (κ1) is 19.8. The zero-order valence-electron chi connectivity index (χ0n) is 13.8. The van der Waals surface area contributed by atoms with Crippen molar-refractivity contribution < 1.29 is 22.8 Å². The average Bonchev–Trinajstić information content (AvgIpc) is 2.60. The largest absolute Gasteiger partial charge is 0.417 e. The second kappa shape index (κ2) is 8.23. The van der Waals surface area contributed by atoms with Crippen LogP contribution >= 0.6 is 11.6 Å². The lowest BCUT2D eigenvalue weighted by Crippen LogP contribution is -2.24. The molecule has 0 saturated heterocycles. The smallest absolute Gasteiger partial charge is 0.352 e. The Balaban J connectivity index is 2.12. The highest BCUT2D eigenvalue weighted by Crippen LogP contribution is 2.36. The van der Waals surface area contributed by atoms with E-state index in [0.29, 0.717) is 12.1 Å². The highest BCUT2D eigenvalue weighted by Gasteiger charge is 2.33. The molecule has 0 aliphatic heterocycles. The molecule has 0 spiro atoms. The van der Waals surface area contributed by atoms with E-state index >= 15 is 0 Å². The van der Waals surface area contributed by atoms with Crippen LogP contribution < -0.4 is 10.6 Å². The zero-order valence-corrected chi connectivity index (χ0v) is 14.5. The molecule has 2 N–H and O–H groups in total. The lowest BCUT2D eigenvalue weighted by atomic mass is 10.1. The molecule has 0 atom stereocenters. The van der Waals surface area contributed by atoms with Crippen molar-refractivity contribution in [3.63, 3.8) is 0 Å².